The maximum absolute atomic E-state index is 12.7. The molecule has 0 aliphatic carbocycles. The summed E-state index contributed by atoms with van der Waals surface area (Å²) in [5.74, 6) is 0.0255. The predicted octanol–water partition coefficient (Wildman–Crippen LogP) is 6.15. The van der Waals surface area contributed by atoms with E-state index in [4.69, 9.17) is 37.4 Å². The van der Waals surface area contributed by atoms with E-state index < -0.39 is 18.2 Å². The van der Waals surface area contributed by atoms with Crippen molar-refractivity contribution in [3.05, 3.63) is 124 Å². The molecule has 0 aliphatic heterocycles. The summed E-state index contributed by atoms with van der Waals surface area (Å²) in [6, 6.07) is 28.7. The molecule has 0 spiro atoms. The van der Waals surface area contributed by atoms with Gasteiger partial charge in [-0.05, 0) is 72.3 Å². The lowest BCUT2D eigenvalue weighted by Crippen LogP contribution is -2.40. The number of benzene rings is 4. The molecule has 0 saturated heterocycles. The van der Waals surface area contributed by atoms with Gasteiger partial charge in [0.2, 0.25) is 0 Å². The van der Waals surface area contributed by atoms with Crippen LogP contribution in [0.1, 0.15) is 15.9 Å². The van der Waals surface area contributed by atoms with Gasteiger partial charge in [0, 0.05) is 5.02 Å². The van der Waals surface area contributed by atoms with Crippen LogP contribution in [0.5, 0.6) is 17.2 Å². The molecule has 7 nitrogen and oxygen atoms in total. The number of para-hydroxylation sites is 2. The molecular weight excluding hydrogens is 515 g/mol. The molecule has 1 N–H and O–H groups in total. The van der Waals surface area contributed by atoms with Gasteiger partial charge >= 0.3 is 18.2 Å². The van der Waals surface area contributed by atoms with Crippen molar-refractivity contribution in [1.29, 1.82) is 0 Å². The molecule has 0 radical (unpaired) electrons. The lowest BCUT2D eigenvalue weighted by Gasteiger charge is -2.18. The largest absolute Gasteiger partial charge is 0.446 e. The summed E-state index contributed by atoms with van der Waals surface area (Å²) >= 11 is 11.9. The van der Waals surface area contributed by atoms with Crippen molar-refractivity contribution >= 4 is 41.3 Å². The Bertz CT molecular complexity index is 1340. The number of halogens is 2. The van der Waals surface area contributed by atoms with Gasteiger partial charge in [-0.15, -0.1) is 0 Å². The first-order valence-electron chi connectivity index (χ1n) is 11.0. The van der Waals surface area contributed by atoms with Crippen molar-refractivity contribution in [2.45, 2.75) is 6.29 Å². The Morgan fingerprint density at radius 1 is 0.757 bits per heavy atom. The van der Waals surface area contributed by atoms with Gasteiger partial charge in [0.25, 0.3) is 0 Å². The molecule has 0 heterocycles. The molecule has 0 fully saturated rings. The Hall–Kier alpha value is -4.33. The minimum atomic E-state index is -1.27. The highest BCUT2D eigenvalue weighted by atomic mass is 35.5. The van der Waals surface area contributed by atoms with Gasteiger partial charge in [-0.1, -0.05) is 59.6 Å². The van der Waals surface area contributed by atoms with Crippen LogP contribution in [0.25, 0.3) is 0 Å². The van der Waals surface area contributed by atoms with Crippen LogP contribution in [0.4, 0.5) is 0 Å². The number of nitrogens with one attached hydrogen (secondary N) is 1. The summed E-state index contributed by atoms with van der Waals surface area (Å²) in [5.41, 5.74) is 3.27. The average molecular weight is 535 g/mol. The fraction of sp³-hybridized carbons (Fsp3) is 0.0357. The van der Waals surface area contributed by atoms with Crippen molar-refractivity contribution in [2.24, 2.45) is 5.10 Å². The molecule has 4 aromatic rings. The van der Waals surface area contributed by atoms with Gasteiger partial charge in [0.15, 0.2) is 0 Å². The molecule has 4 rings (SSSR count). The number of rotatable bonds is 9. The molecule has 4 aromatic carbocycles. The SMILES string of the molecule is O=C(Oc1ccc(/C=N/NC(=O)C(Oc2ccccc2)Oc2ccccc2)cc1)c1ccc(Cl)cc1Cl. The first kappa shape index (κ1) is 25.8. The van der Waals surface area contributed by atoms with Crippen LogP contribution >= 0.6 is 23.2 Å². The summed E-state index contributed by atoms with van der Waals surface area (Å²) < 4.78 is 16.8. The van der Waals surface area contributed by atoms with Crippen molar-refractivity contribution in [1.82, 2.24) is 5.43 Å². The normalized spacial score (nSPS) is 10.8. The zero-order chi connectivity index (χ0) is 26.0. The van der Waals surface area contributed by atoms with E-state index >= 15 is 0 Å². The van der Waals surface area contributed by atoms with Crippen molar-refractivity contribution in [3.8, 4) is 17.2 Å². The van der Waals surface area contributed by atoms with Crippen LogP contribution in [-0.4, -0.2) is 24.4 Å². The molecule has 0 atom stereocenters. The van der Waals surface area contributed by atoms with Crippen LogP contribution in [0.2, 0.25) is 10.0 Å². The van der Waals surface area contributed by atoms with Crippen LogP contribution < -0.4 is 19.6 Å². The van der Waals surface area contributed by atoms with Crippen molar-refractivity contribution in [3.63, 3.8) is 0 Å². The highest BCUT2D eigenvalue weighted by Crippen LogP contribution is 2.23. The highest BCUT2D eigenvalue weighted by molar-refractivity contribution is 6.36. The van der Waals surface area contributed by atoms with Crippen LogP contribution in [0, 0.1) is 0 Å². The lowest BCUT2D eigenvalue weighted by atomic mass is 10.2. The van der Waals surface area contributed by atoms with Gasteiger partial charge in [-0.2, -0.15) is 5.10 Å². The Labute approximate surface area is 223 Å². The number of carbonyl (C=O) groups is 2. The monoisotopic (exact) mass is 534 g/mol. The number of ether oxygens (including phenoxy) is 3. The van der Waals surface area contributed by atoms with E-state index in [1.54, 1.807) is 78.9 Å². The zero-order valence-electron chi connectivity index (χ0n) is 19.2. The average Bonchev–Trinajstić information content (AvgIpc) is 2.90. The standard InChI is InChI=1S/C28H20Cl2N2O5/c29-20-13-16-24(25(30)17-20)27(34)35-23-14-11-19(12-15-23)18-31-32-26(33)28(36-21-7-3-1-4-8-21)37-22-9-5-2-6-10-22/h1-18,28H,(H,32,33)/b31-18+. The van der Waals surface area contributed by atoms with Crippen molar-refractivity contribution < 1.29 is 23.8 Å². The second-order valence-corrected chi connectivity index (χ2v) is 8.35. The number of nitrogens with zero attached hydrogens (tertiary/aromatic N) is 1. The van der Waals surface area contributed by atoms with Crippen LogP contribution in [0.15, 0.2) is 108 Å². The number of hydrazone groups is 1. The highest BCUT2D eigenvalue weighted by Gasteiger charge is 2.22. The van der Waals surface area contributed by atoms with E-state index in [9.17, 15) is 9.59 Å². The van der Waals surface area contributed by atoms with Crippen LogP contribution in [-0.2, 0) is 4.79 Å². The third-order valence-electron chi connectivity index (χ3n) is 4.82. The molecule has 0 aliphatic rings. The molecule has 37 heavy (non-hydrogen) atoms. The number of hydrogen-bond acceptors (Lipinski definition) is 6. The maximum Gasteiger partial charge on any atom is 0.345 e. The van der Waals surface area contributed by atoms with E-state index in [0.29, 0.717) is 27.8 Å². The Balaban J connectivity index is 1.36. The molecule has 1 amide bonds. The summed E-state index contributed by atoms with van der Waals surface area (Å²) in [5, 5.41) is 4.60. The molecule has 186 valence electrons. The number of amides is 1. The number of esters is 1. The number of hydrogen-bond donors (Lipinski definition) is 1. The molecule has 0 saturated carbocycles. The Kier molecular flexibility index (Phi) is 8.75. The summed E-state index contributed by atoms with van der Waals surface area (Å²) in [6.45, 7) is 0. The second-order valence-electron chi connectivity index (χ2n) is 7.51. The smallest absolute Gasteiger partial charge is 0.345 e. The van der Waals surface area contributed by atoms with Gasteiger partial charge < -0.3 is 14.2 Å². The van der Waals surface area contributed by atoms with E-state index in [2.05, 4.69) is 10.5 Å². The van der Waals surface area contributed by atoms with Gasteiger partial charge in [0.05, 0.1) is 16.8 Å². The fourth-order valence-corrected chi connectivity index (χ4v) is 3.52. The third kappa shape index (κ3) is 7.57. The quantitative estimate of drug-likeness (QED) is 0.0914. The minimum absolute atomic E-state index is 0.197. The Morgan fingerprint density at radius 3 is 1.92 bits per heavy atom. The van der Waals surface area contributed by atoms with Crippen molar-refractivity contribution in [2.75, 3.05) is 0 Å². The fourth-order valence-electron chi connectivity index (χ4n) is 3.04. The zero-order valence-corrected chi connectivity index (χ0v) is 20.7. The second kappa shape index (κ2) is 12.6. The van der Waals surface area contributed by atoms with Gasteiger partial charge in [-0.25, -0.2) is 10.2 Å². The molecule has 0 aromatic heterocycles. The van der Waals surface area contributed by atoms with Gasteiger partial charge in [0.1, 0.15) is 17.2 Å². The van der Waals surface area contributed by atoms with E-state index in [1.165, 1.54) is 18.3 Å². The molecular formula is C28H20Cl2N2O5. The van der Waals surface area contributed by atoms with Crippen LogP contribution in [0.3, 0.4) is 0 Å². The number of carbonyl (C=O) groups excluding carboxylic acids is 2. The van der Waals surface area contributed by atoms with E-state index in [1.807, 2.05) is 12.1 Å². The molecule has 0 bridgehead atoms. The molecule has 0 unspecified atom stereocenters. The van der Waals surface area contributed by atoms with E-state index in [0.717, 1.165) is 0 Å². The molecule has 9 heteroatoms. The van der Waals surface area contributed by atoms with Gasteiger partial charge in [-0.3, -0.25) is 4.79 Å². The third-order valence-corrected chi connectivity index (χ3v) is 5.36. The predicted molar refractivity (Wildman–Crippen MR) is 142 cm³/mol. The topological polar surface area (TPSA) is 86.2 Å². The summed E-state index contributed by atoms with van der Waals surface area (Å²) in [4.78, 5) is 25.1. The van der Waals surface area contributed by atoms with E-state index in [-0.39, 0.29) is 10.6 Å². The Morgan fingerprint density at radius 2 is 1.35 bits per heavy atom. The lowest BCUT2D eigenvalue weighted by molar-refractivity contribution is -0.140. The maximum atomic E-state index is 12.7. The summed E-state index contributed by atoms with van der Waals surface area (Å²) in [7, 11) is 0. The summed E-state index contributed by atoms with van der Waals surface area (Å²) in [6.07, 6.45) is 0.158. The minimum Gasteiger partial charge on any atom is -0.446 e. The first-order chi connectivity index (χ1) is 18.0. The first-order valence-corrected chi connectivity index (χ1v) is 11.8.